The van der Waals surface area contributed by atoms with Gasteiger partial charge in [0.1, 0.15) is 5.69 Å². The Morgan fingerprint density at radius 3 is 2.57 bits per heavy atom. The van der Waals surface area contributed by atoms with Crippen LogP contribution in [0, 0.1) is 11.3 Å². The molecular weight excluding hydrogens is 396 g/mol. The summed E-state index contributed by atoms with van der Waals surface area (Å²) < 4.78 is 6.89. The second-order valence-electron chi connectivity index (χ2n) is 9.68. The molecule has 1 fully saturated rings. The summed E-state index contributed by atoms with van der Waals surface area (Å²) >= 11 is 1.70. The lowest BCUT2D eigenvalue weighted by molar-refractivity contribution is 0.0573. The molecule has 1 aliphatic heterocycles. The molecule has 4 rings (SSSR count). The van der Waals surface area contributed by atoms with E-state index in [2.05, 4.69) is 26.8 Å². The number of likely N-dealkylation sites (tertiary alicyclic amines) is 1. The van der Waals surface area contributed by atoms with E-state index < -0.39 is 0 Å². The minimum Gasteiger partial charge on any atom is -0.464 e. The van der Waals surface area contributed by atoms with Gasteiger partial charge in [-0.3, -0.25) is 4.79 Å². The molecule has 3 heterocycles. The van der Waals surface area contributed by atoms with Gasteiger partial charge in [0.15, 0.2) is 0 Å². The van der Waals surface area contributed by atoms with Crippen molar-refractivity contribution >= 4 is 23.2 Å². The summed E-state index contributed by atoms with van der Waals surface area (Å²) in [5, 5.41) is 0. The van der Waals surface area contributed by atoms with Gasteiger partial charge in [-0.15, -0.1) is 11.3 Å². The molecule has 1 amide bonds. The number of aryl methyl sites for hydroxylation is 1. The van der Waals surface area contributed by atoms with Crippen molar-refractivity contribution in [2.45, 2.75) is 58.9 Å². The molecule has 1 unspecified atom stereocenters. The van der Waals surface area contributed by atoms with E-state index >= 15 is 0 Å². The fourth-order valence-corrected chi connectivity index (χ4v) is 6.04. The standard InChI is InChI=1S/C24H32N2O3S/c1-24(2,3)17-7-8-20-16(14-17)15-21(30-20)22(27)25-12-9-18(10-13-25)26-11-5-6-19(26)23(28)29-4/h5-6,11,15,17-18H,7-10,12-14H2,1-4H3. The predicted octanol–water partition coefficient (Wildman–Crippen LogP) is 4.96. The van der Waals surface area contributed by atoms with Crippen LogP contribution in [0.15, 0.2) is 24.4 Å². The van der Waals surface area contributed by atoms with Crippen molar-refractivity contribution in [2.24, 2.45) is 11.3 Å². The Morgan fingerprint density at radius 2 is 1.90 bits per heavy atom. The Bertz CT molecular complexity index is 929. The molecule has 0 saturated carbocycles. The highest BCUT2D eigenvalue weighted by Crippen LogP contribution is 2.40. The molecule has 1 saturated heterocycles. The van der Waals surface area contributed by atoms with E-state index in [9.17, 15) is 9.59 Å². The summed E-state index contributed by atoms with van der Waals surface area (Å²) in [7, 11) is 1.41. The molecule has 2 aliphatic rings. The molecule has 1 atom stereocenters. The zero-order valence-corrected chi connectivity index (χ0v) is 19.3. The zero-order chi connectivity index (χ0) is 21.5. The number of carbonyl (C=O) groups excluding carboxylic acids is 2. The number of carbonyl (C=O) groups is 2. The normalized spacial score (nSPS) is 20.1. The molecule has 0 bridgehead atoms. The zero-order valence-electron chi connectivity index (χ0n) is 18.4. The number of fused-ring (bicyclic) bond motifs is 1. The summed E-state index contributed by atoms with van der Waals surface area (Å²) in [6, 6.07) is 6.06. The van der Waals surface area contributed by atoms with Crippen molar-refractivity contribution in [3.8, 4) is 0 Å². The number of nitrogens with zero attached hydrogens (tertiary/aromatic N) is 2. The van der Waals surface area contributed by atoms with Crippen molar-refractivity contribution in [3.05, 3.63) is 45.4 Å². The third-order valence-corrected chi connectivity index (χ3v) is 8.06. The van der Waals surface area contributed by atoms with Crippen LogP contribution >= 0.6 is 11.3 Å². The van der Waals surface area contributed by atoms with Gasteiger partial charge in [-0.2, -0.15) is 0 Å². The highest BCUT2D eigenvalue weighted by Gasteiger charge is 2.32. The van der Waals surface area contributed by atoms with E-state index in [-0.39, 0.29) is 17.9 Å². The van der Waals surface area contributed by atoms with Crippen LogP contribution in [0.1, 0.15) is 76.7 Å². The summed E-state index contributed by atoms with van der Waals surface area (Å²) in [4.78, 5) is 29.4. The van der Waals surface area contributed by atoms with E-state index in [1.165, 1.54) is 24.0 Å². The molecule has 2 aromatic heterocycles. The van der Waals surface area contributed by atoms with Crippen molar-refractivity contribution in [2.75, 3.05) is 20.2 Å². The Hall–Kier alpha value is -2.08. The van der Waals surface area contributed by atoms with Gasteiger partial charge < -0.3 is 14.2 Å². The number of hydrogen-bond donors (Lipinski definition) is 0. The number of piperidine rings is 1. The maximum Gasteiger partial charge on any atom is 0.354 e. The minimum atomic E-state index is -0.309. The fourth-order valence-electron chi connectivity index (χ4n) is 4.86. The van der Waals surface area contributed by atoms with Crippen LogP contribution in [0.2, 0.25) is 0 Å². The Morgan fingerprint density at radius 1 is 1.17 bits per heavy atom. The maximum absolute atomic E-state index is 13.2. The number of rotatable bonds is 3. The first kappa shape index (κ1) is 21.2. The monoisotopic (exact) mass is 428 g/mol. The fraction of sp³-hybridized carbons (Fsp3) is 0.583. The highest BCUT2D eigenvalue weighted by molar-refractivity contribution is 7.14. The van der Waals surface area contributed by atoms with E-state index in [0.29, 0.717) is 17.0 Å². The minimum absolute atomic E-state index is 0.167. The summed E-state index contributed by atoms with van der Waals surface area (Å²) in [6.45, 7) is 8.40. The average molecular weight is 429 g/mol. The molecule has 6 heteroatoms. The third-order valence-electron chi connectivity index (χ3n) is 6.84. The molecule has 0 N–H and O–H groups in total. The topological polar surface area (TPSA) is 51.5 Å². The molecule has 30 heavy (non-hydrogen) atoms. The Labute approximate surface area is 183 Å². The summed E-state index contributed by atoms with van der Waals surface area (Å²) in [6.07, 6.45) is 7.04. The Balaban J connectivity index is 1.41. The molecule has 0 spiro atoms. The van der Waals surface area contributed by atoms with Gasteiger partial charge in [0.25, 0.3) is 5.91 Å². The SMILES string of the molecule is COC(=O)c1cccn1C1CCN(C(=O)c2cc3c(s2)CCC(C(C)(C)C)C3)CC1. The van der Waals surface area contributed by atoms with E-state index in [0.717, 1.165) is 43.6 Å². The quantitative estimate of drug-likeness (QED) is 0.649. The molecule has 2 aromatic rings. The highest BCUT2D eigenvalue weighted by atomic mass is 32.1. The largest absolute Gasteiger partial charge is 0.464 e. The van der Waals surface area contributed by atoms with Gasteiger partial charge in [0.05, 0.1) is 12.0 Å². The van der Waals surface area contributed by atoms with Crippen LogP contribution in [-0.4, -0.2) is 41.5 Å². The molecular formula is C24H32N2O3S. The number of hydrogen-bond acceptors (Lipinski definition) is 4. The number of methoxy groups -OCH3 is 1. The number of amides is 1. The van der Waals surface area contributed by atoms with E-state index in [4.69, 9.17) is 4.74 Å². The van der Waals surface area contributed by atoms with Gasteiger partial charge in [-0.25, -0.2) is 4.79 Å². The molecule has 0 radical (unpaired) electrons. The smallest absolute Gasteiger partial charge is 0.354 e. The van der Waals surface area contributed by atoms with Crippen molar-refractivity contribution in [3.63, 3.8) is 0 Å². The van der Waals surface area contributed by atoms with Gasteiger partial charge in [0, 0.05) is 30.2 Å². The maximum atomic E-state index is 13.2. The first-order valence-corrected chi connectivity index (χ1v) is 11.8. The second-order valence-corrected chi connectivity index (χ2v) is 10.8. The lowest BCUT2D eigenvalue weighted by atomic mass is 9.72. The number of aromatic nitrogens is 1. The lowest BCUT2D eigenvalue weighted by Gasteiger charge is -2.33. The van der Waals surface area contributed by atoms with E-state index in [1.807, 2.05) is 21.7 Å². The van der Waals surface area contributed by atoms with Crippen LogP contribution in [0.5, 0.6) is 0 Å². The van der Waals surface area contributed by atoms with Gasteiger partial charge >= 0.3 is 5.97 Å². The van der Waals surface area contributed by atoms with Crippen molar-refractivity contribution < 1.29 is 14.3 Å². The molecule has 5 nitrogen and oxygen atoms in total. The van der Waals surface area contributed by atoms with Crippen LogP contribution in [0.3, 0.4) is 0 Å². The van der Waals surface area contributed by atoms with Gasteiger partial charge in [-0.1, -0.05) is 20.8 Å². The van der Waals surface area contributed by atoms with Crippen LogP contribution in [-0.2, 0) is 17.6 Å². The second kappa shape index (κ2) is 8.22. The lowest BCUT2D eigenvalue weighted by Crippen LogP contribution is -2.39. The molecule has 0 aromatic carbocycles. The predicted molar refractivity (Wildman–Crippen MR) is 119 cm³/mol. The summed E-state index contributed by atoms with van der Waals surface area (Å²) in [5.74, 6) is 0.543. The first-order valence-electron chi connectivity index (χ1n) is 10.9. The third kappa shape index (κ3) is 4.07. The van der Waals surface area contributed by atoms with Gasteiger partial charge in [-0.05, 0) is 67.2 Å². The van der Waals surface area contributed by atoms with Crippen LogP contribution < -0.4 is 0 Å². The van der Waals surface area contributed by atoms with E-state index in [1.54, 1.807) is 17.4 Å². The van der Waals surface area contributed by atoms with Crippen LogP contribution in [0.4, 0.5) is 0 Å². The van der Waals surface area contributed by atoms with Crippen molar-refractivity contribution in [1.82, 2.24) is 9.47 Å². The van der Waals surface area contributed by atoms with Gasteiger partial charge in [0.2, 0.25) is 0 Å². The molecule has 1 aliphatic carbocycles. The van der Waals surface area contributed by atoms with Crippen molar-refractivity contribution in [1.29, 1.82) is 0 Å². The number of ether oxygens (including phenoxy) is 1. The summed E-state index contributed by atoms with van der Waals surface area (Å²) in [5.41, 5.74) is 2.29. The Kier molecular flexibility index (Phi) is 5.80. The molecule has 162 valence electrons. The number of esters is 1. The first-order chi connectivity index (χ1) is 14.3. The average Bonchev–Trinajstić information content (AvgIpc) is 3.38. The number of thiophene rings is 1. The van der Waals surface area contributed by atoms with Crippen LogP contribution in [0.25, 0.3) is 0 Å².